The van der Waals surface area contributed by atoms with Gasteiger partial charge in [-0.1, -0.05) is 30.3 Å². The highest BCUT2D eigenvalue weighted by atomic mass is 16.6. The highest BCUT2D eigenvalue weighted by molar-refractivity contribution is 5.89. The number of ether oxygens (including phenoxy) is 1. The number of fused-ring (bicyclic) bond motifs is 1. The maximum atomic E-state index is 12.2. The average molecular weight is 381 g/mol. The van der Waals surface area contributed by atoms with E-state index in [0.717, 1.165) is 28.0 Å². The summed E-state index contributed by atoms with van der Waals surface area (Å²) < 4.78 is 11.1. The summed E-state index contributed by atoms with van der Waals surface area (Å²) in [6.07, 6.45) is 1.32. The molecule has 0 saturated heterocycles. The van der Waals surface area contributed by atoms with Crippen LogP contribution in [0.5, 0.6) is 0 Å². The maximum absolute atomic E-state index is 12.2. The summed E-state index contributed by atoms with van der Waals surface area (Å²) in [4.78, 5) is 20.5. The number of aromatic nitrogens is 1. The molecule has 0 N–H and O–H groups in total. The Morgan fingerprint density at radius 1 is 1.11 bits per heavy atom. The fraction of sp³-hybridized carbons (Fsp3) is 0.364. The van der Waals surface area contributed by atoms with Crippen LogP contribution in [-0.2, 0) is 4.74 Å². The molecule has 1 amide bonds. The first-order valence-electron chi connectivity index (χ1n) is 9.33. The number of carbonyl (C=O) groups excluding carboxylic acids is 1. The second-order valence-corrected chi connectivity index (χ2v) is 7.85. The van der Waals surface area contributed by atoms with Gasteiger partial charge in [-0.3, -0.25) is 0 Å². The number of benzene rings is 1. The first kappa shape index (κ1) is 19.7. The van der Waals surface area contributed by atoms with E-state index in [2.05, 4.69) is 4.90 Å². The van der Waals surface area contributed by atoms with Crippen molar-refractivity contribution in [3.05, 3.63) is 48.7 Å². The van der Waals surface area contributed by atoms with Crippen LogP contribution in [-0.4, -0.2) is 48.8 Å². The van der Waals surface area contributed by atoms with E-state index in [1.807, 2.05) is 70.3 Å². The molecule has 0 aliphatic carbocycles. The molecule has 2 aromatic heterocycles. The van der Waals surface area contributed by atoms with Gasteiger partial charge >= 0.3 is 6.09 Å². The fourth-order valence-corrected chi connectivity index (χ4v) is 2.83. The van der Waals surface area contributed by atoms with Gasteiger partial charge in [-0.05, 0) is 26.8 Å². The minimum atomic E-state index is -0.507. The molecule has 3 rings (SSSR count). The van der Waals surface area contributed by atoms with E-state index >= 15 is 0 Å². The highest BCUT2D eigenvalue weighted by Gasteiger charge is 2.20. The van der Waals surface area contributed by atoms with E-state index in [9.17, 15) is 4.79 Å². The predicted molar refractivity (Wildman–Crippen MR) is 112 cm³/mol. The zero-order valence-corrected chi connectivity index (χ0v) is 17.1. The Kier molecular flexibility index (Phi) is 5.58. The molecule has 1 aromatic carbocycles. The van der Waals surface area contributed by atoms with Crippen LogP contribution in [0.15, 0.2) is 53.1 Å². The number of rotatable bonds is 5. The number of furan rings is 1. The van der Waals surface area contributed by atoms with Crippen LogP contribution in [0.25, 0.3) is 22.4 Å². The molecule has 6 heteroatoms. The Morgan fingerprint density at radius 2 is 1.82 bits per heavy atom. The standard InChI is InChI=1S/C22H27N3O3/c1-22(2,3)28-21(26)25(5)13-12-24(4)19-15-18(16-9-7-6-8-10-16)23-17-11-14-27-20(17)19/h6-11,14-15H,12-13H2,1-5H3. The van der Waals surface area contributed by atoms with Crippen LogP contribution in [0.2, 0.25) is 0 Å². The van der Waals surface area contributed by atoms with Gasteiger partial charge in [0.1, 0.15) is 11.1 Å². The number of hydrogen-bond donors (Lipinski definition) is 0. The van der Waals surface area contributed by atoms with E-state index in [0.29, 0.717) is 13.1 Å². The van der Waals surface area contributed by atoms with Gasteiger partial charge in [0, 0.05) is 38.8 Å². The van der Waals surface area contributed by atoms with Gasteiger partial charge in [-0.2, -0.15) is 0 Å². The number of carbonyl (C=O) groups is 1. The Bertz CT molecular complexity index is 945. The van der Waals surface area contributed by atoms with Crippen LogP contribution >= 0.6 is 0 Å². The summed E-state index contributed by atoms with van der Waals surface area (Å²) in [5.74, 6) is 0. The molecule has 0 saturated carbocycles. The van der Waals surface area contributed by atoms with Crippen LogP contribution in [0.4, 0.5) is 10.5 Å². The smallest absolute Gasteiger partial charge is 0.410 e. The van der Waals surface area contributed by atoms with Crippen LogP contribution < -0.4 is 4.90 Å². The van der Waals surface area contributed by atoms with E-state index < -0.39 is 5.60 Å². The summed E-state index contributed by atoms with van der Waals surface area (Å²) in [6.45, 7) is 6.74. The number of amides is 1. The Labute approximate surface area is 165 Å². The molecule has 148 valence electrons. The molecule has 0 unspecified atom stereocenters. The summed E-state index contributed by atoms with van der Waals surface area (Å²) in [5.41, 5.74) is 3.91. The number of nitrogens with zero attached hydrogens (tertiary/aromatic N) is 3. The topological polar surface area (TPSA) is 58.8 Å². The van der Waals surface area contributed by atoms with Crippen molar-refractivity contribution >= 4 is 22.9 Å². The van der Waals surface area contributed by atoms with Gasteiger partial charge in [0.15, 0.2) is 5.58 Å². The molecule has 2 heterocycles. The monoisotopic (exact) mass is 381 g/mol. The van der Waals surface area contributed by atoms with Crippen LogP contribution in [0.1, 0.15) is 20.8 Å². The first-order chi connectivity index (χ1) is 13.2. The second-order valence-electron chi connectivity index (χ2n) is 7.85. The van der Waals surface area contributed by atoms with Gasteiger partial charge in [0.2, 0.25) is 0 Å². The lowest BCUT2D eigenvalue weighted by Gasteiger charge is -2.27. The molecule has 0 spiro atoms. The molecule has 6 nitrogen and oxygen atoms in total. The molecule has 0 aliphatic heterocycles. The third-order valence-electron chi connectivity index (χ3n) is 4.35. The molecule has 0 aliphatic rings. The lowest BCUT2D eigenvalue weighted by molar-refractivity contribution is 0.0303. The molecule has 0 bridgehead atoms. The molecule has 28 heavy (non-hydrogen) atoms. The quantitative estimate of drug-likeness (QED) is 0.635. The van der Waals surface area contributed by atoms with Gasteiger partial charge < -0.3 is 19.0 Å². The molecular formula is C22H27N3O3. The Morgan fingerprint density at radius 3 is 2.50 bits per heavy atom. The molecular weight excluding hydrogens is 354 g/mol. The summed E-state index contributed by atoms with van der Waals surface area (Å²) in [5, 5.41) is 0. The van der Waals surface area contributed by atoms with Crippen molar-refractivity contribution in [3.8, 4) is 11.3 Å². The fourth-order valence-electron chi connectivity index (χ4n) is 2.83. The van der Waals surface area contributed by atoms with Crippen molar-refractivity contribution in [2.24, 2.45) is 0 Å². The lowest BCUT2D eigenvalue weighted by atomic mass is 10.1. The Balaban J connectivity index is 1.79. The minimum Gasteiger partial charge on any atom is -0.460 e. The second kappa shape index (κ2) is 7.92. The average Bonchev–Trinajstić information content (AvgIpc) is 3.13. The lowest BCUT2D eigenvalue weighted by Crippen LogP contribution is -2.38. The predicted octanol–water partition coefficient (Wildman–Crippen LogP) is 4.80. The van der Waals surface area contributed by atoms with E-state index in [-0.39, 0.29) is 6.09 Å². The third-order valence-corrected chi connectivity index (χ3v) is 4.35. The highest BCUT2D eigenvalue weighted by Crippen LogP contribution is 2.31. The number of likely N-dealkylation sites (N-methyl/N-ethyl adjacent to an activating group) is 2. The van der Waals surface area contributed by atoms with Crippen molar-refractivity contribution in [2.45, 2.75) is 26.4 Å². The van der Waals surface area contributed by atoms with E-state index in [1.165, 1.54) is 0 Å². The molecule has 0 atom stereocenters. The van der Waals surface area contributed by atoms with E-state index in [4.69, 9.17) is 14.1 Å². The normalized spacial score (nSPS) is 11.5. The minimum absolute atomic E-state index is 0.330. The van der Waals surface area contributed by atoms with Crippen molar-refractivity contribution in [3.63, 3.8) is 0 Å². The zero-order valence-electron chi connectivity index (χ0n) is 17.1. The number of anilines is 1. The van der Waals surface area contributed by atoms with Crippen molar-refractivity contribution in [1.82, 2.24) is 9.88 Å². The number of pyridine rings is 1. The third kappa shape index (κ3) is 4.63. The van der Waals surface area contributed by atoms with Crippen LogP contribution in [0.3, 0.4) is 0 Å². The zero-order chi connectivity index (χ0) is 20.3. The largest absolute Gasteiger partial charge is 0.460 e. The van der Waals surface area contributed by atoms with Crippen LogP contribution in [0, 0.1) is 0 Å². The summed E-state index contributed by atoms with van der Waals surface area (Å²) in [6, 6.07) is 13.9. The van der Waals surface area contributed by atoms with Gasteiger partial charge in [-0.25, -0.2) is 9.78 Å². The molecule has 0 radical (unpaired) electrons. The van der Waals surface area contributed by atoms with E-state index in [1.54, 1.807) is 18.2 Å². The number of hydrogen-bond acceptors (Lipinski definition) is 5. The summed E-state index contributed by atoms with van der Waals surface area (Å²) >= 11 is 0. The molecule has 3 aromatic rings. The van der Waals surface area contributed by atoms with Crippen molar-refractivity contribution < 1.29 is 13.9 Å². The first-order valence-corrected chi connectivity index (χ1v) is 9.33. The van der Waals surface area contributed by atoms with Gasteiger partial charge in [0.05, 0.1) is 17.6 Å². The van der Waals surface area contributed by atoms with Crippen molar-refractivity contribution in [2.75, 3.05) is 32.1 Å². The van der Waals surface area contributed by atoms with Crippen molar-refractivity contribution in [1.29, 1.82) is 0 Å². The Hall–Kier alpha value is -3.02. The van der Waals surface area contributed by atoms with Gasteiger partial charge in [0.25, 0.3) is 0 Å². The SMILES string of the molecule is CN(CCN(C)c1cc(-c2ccccc2)nc2ccoc12)C(=O)OC(C)(C)C. The molecule has 0 fully saturated rings. The van der Waals surface area contributed by atoms with Gasteiger partial charge in [-0.15, -0.1) is 0 Å². The summed E-state index contributed by atoms with van der Waals surface area (Å²) in [7, 11) is 3.72. The maximum Gasteiger partial charge on any atom is 0.410 e.